The maximum atomic E-state index is 11.8. The highest BCUT2D eigenvalue weighted by Crippen LogP contribution is 2.31. The Labute approximate surface area is 105 Å². The van der Waals surface area contributed by atoms with Crippen LogP contribution in [0.3, 0.4) is 0 Å². The molecule has 86 valence electrons. The van der Waals surface area contributed by atoms with Crippen molar-refractivity contribution in [1.82, 2.24) is 4.90 Å². The molecule has 1 amide bonds. The van der Waals surface area contributed by atoms with E-state index in [4.69, 9.17) is 0 Å². The summed E-state index contributed by atoms with van der Waals surface area (Å²) in [6.07, 6.45) is 2.14. The number of hydrogen-bond donors (Lipinski definition) is 0. The minimum Gasteiger partial charge on any atom is -0.341 e. The third kappa shape index (κ3) is 2.64. The molecule has 0 saturated heterocycles. The fraction of sp³-hybridized carbons (Fsp3) is 0.462. The van der Waals surface area contributed by atoms with Gasteiger partial charge in [-0.05, 0) is 37.0 Å². The number of amides is 1. The highest BCUT2D eigenvalue weighted by Gasteiger charge is 2.31. The molecule has 1 aliphatic rings. The first-order valence-corrected chi connectivity index (χ1v) is 6.37. The van der Waals surface area contributed by atoms with Crippen LogP contribution in [-0.4, -0.2) is 17.9 Å². The summed E-state index contributed by atoms with van der Waals surface area (Å²) < 4.78 is 1.11. The number of rotatable bonds is 3. The van der Waals surface area contributed by atoms with Gasteiger partial charge in [0.1, 0.15) is 0 Å². The van der Waals surface area contributed by atoms with E-state index in [1.165, 1.54) is 11.1 Å². The normalized spacial score (nSPS) is 14.9. The van der Waals surface area contributed by atoms with Crippen LogP contribution in [-0.2, 0) is 11.3 Å². The van der Waals surface area contributed by atoms with Crippen molar-refractivity contribution in [3.8, 4) is 0 Å². The van der Waals surface area contributed by atoms with E-state index >= 15 is 0 Å². The van der Waals surface area contributed by atoms with Gasteiger partial charge in [-0.2, -0.15) is 0 Å². The van der Waals surface area contributed by atoms with Crippen LogP contribution >= 0.6 is 15.9 Å². The molecule has 0 aliphatic heterocycles. The Kier molecular flexibility index (Phi) is 3.33. The molecule has 0 aromatic heterocycles. The zero-order valence-electron chi connectivity index (χ0n) is 9.66. The molecule has 0 heterocycles. The molecule has 1 aromatic rings. The molecule has 1 aromatic carbocycles. The van der Waals surface area contributed by atoms with E-state index in [0.717, 1.165) is 17.3 Å². The quantitative estimate of drug-likeness (QED) is 0.834. The summed E-state index contributed by atoms with van der Waals surface area (Å²) in [6.45, 7) is 2.77. The number of hydrogen-bond acceptors (Lipinski definition) is 1. The molecule has 0 atom stereocenters. The number of benzene rings is 1. The van der Waals surface area contributed by atoms with Crippen molar-refractivity contribution in [2.75, 3.05) is 7.05 Å². The summed E-state index contributed by atoms with van der Waals surface area (Å²) in [5.41, 5.74) is 2.40. The second kappa shape index (κ2) is 4.58. The Morgan fingerprint density at radius 1 is 1.50 bits per heavy atom. The first-order chi connectivity index (χ1) is 7.58. The molecule has 2 rings (SSSR count). The van der Waals surface area contributed by atoms with E-state index in [-0.39, 0.29) is 5.91 Å². The van der Waals surface area contributed by atoms with Crippen molar-refractivity contribution < 1.29 is 4.79 Å². The van der Waals surface area contributed by atoms with Gasteiger partial charge in [-0.15, -0.1) is 0 Å². The van der Waals surface area contributed by atoms with Crippen LogP contribution < -0.4 is 0 Å². The van der Waals surface area contributed by atoms with Gasteiger partial charge in [-0.25, -0.2) is 0 Å². The van der Waals surface area contributed by atoms with Gasteiger partial charge in [0.15, 0.2) is 0 Å². The van der Waals surface area contributed by atoms with Gasteiger partial charge in [0.2, 0.25) is 5.91 Å². The van der Waals surface area contributed by atoms with Gasteiger partial charge in [0, 0.05) is 24.0 Å². The fourth-order valence-electron chi connectivity index (χ4n) is 1.73. The SMILES string of the molecule is Cc1ccc(CN(C)C(=O)C2CC2)cc1Br. The Hall–Kier alpha value is -0.830. The van der Waals surface area contributed by atoms with Crippen molar-refractivity contribution in [3.05, 3.63) is 33.8 Å². The van der Waals surface area contributed by atoms with Gasteiger partial charge >= 0.3 is 0 Å². The Morgan fingerprint density at radius 3 is 2.75 bits per heavy atom. The van der Waals surface area contributed by atoms with E-state index < -0.39 is 0 Å². The van der Waals surface area contributed by atoms with Crippen LogP contribution in [0.4, 0.5) is 0 Å². The largest absolute Gasteiger partial charge is 0.341 e. The van der Waals surface area contributed by atoms with Crippen LogP contribution in [0.1, 0.15) is 24.0 Å². The highest BCUT2D eigenvalue weighted by molar-refractivity contribution is 9.10. The van der Waals surface area contributed by atoms with Crippen LogP contribution in [0.2, 0.25) is 0 Å². The molecule has 0 bridgehead atoms. The summed E-state index contributed by atoms with van der Waals surface area (Å²) >= 11 is 3.51. The first-order valence-electron chi connectivity index (χ1n) is 5.58. The number of halogens is 1. The molecular weight excluding hydrogens is 266 g/mol. The van der Waals surface area contributed by atoms with Crippen LogP contribution in [0.25, 0.3) is 0 Å². The van der Waals surface area contributed by atoms with Crippen molar-refractivity contribution in [3.63, 3.8) is 0 Å². The summed E-state index contributed by atoms with van der Waals surface area (Å²) in [7, 11) is 1.88. The molecule has 0 radical (unpaired) electrons. The zero-order valence-corrected chi connectivity index (χ0v) is 11.3. The molecular formula is C13H16BrNO. The third-order valence-corrected chi connectivity index (χ3v) is 3.81. The second-order valence-electron chi connectivity index (χ2n) is 4.55. The third-order valence-electron chi connectivity index (χ3n) is 2.96. The van der Waals surface area contributed by atoms with E-state index in [1.54, 1.807) is 0 Å². The smallest absolute Gasteiger partial charge is 0.225 e. The predicted molar refractivity (Wildman–Crippen MR) is 68.1 cm³/mol. The van der Waals surface area contributed by atoms with Crippen molar-refractivity contribution in [2.24, 2.45) is 5.92 Å². The summed E-state index contributed by atoms with van der Waals surface area (Å²) in [4.78, 5) is 13.6. The lowest BCUT2D eigenvalue weighted by Gasteiger charge is -2.17. The maximum Gasteiger partial charge on any atom is 0.225 e. The van der Waals surface area contributed by atoms with E-state index in [2.05, 4.69) is 41.1 Å². The number of carbonyl (C=O) groups is 1. The van der Waals surface area contributed by atoms with Crippen molar-refractivity contribution >= 4 is 21.8 Å². The van der Waals surface area contributed by atoms with Crippen LogP contribution in [0.15, 0.2) is 22.7 Å². The van der Waals surface area contributed by atoms with Gasteiger partial charge in [-0.1, -0.05) is 28.1 Å². The van der Waals surface area contributed by atoms with Gasteiger partial charge in [0.25, 0.3) is 0 Å². The average Bonchev–Trinajstić information content (AvgIpc) is 3.06. The lowest BCUT2D eigenvalue weighted by atomic mass is 10.1. The molecule has 1 saturated carbocycles. The standard InChI is InChI=1S/C13H16BrNO/c1-9-3-4-10(7-12(9)14)8-15(2)13(16)11-5-6-11/h3-4,7,11H,5-6,8H2,1-2H3. The molecule has 0 N–H and O–H groups in total. The van der Waals surface area contributed by atoms with E-state index in [9.17, 15) is 4.79 Å². The molecule has 1 fully saturated rings. The Balaban J connectivity index is 2.02. The number of nitrogens with zero attached hydrogens (tertiary/aromatic N) is 1. The van der Waals surface area contributed by atoms with Crippen molar-refractivity contribution in [2.45, 2.75) is 26.3 Å². The second-order valence-corrected chi connectivity index (χ2v) is 5.41. The zero-order chi connectivity index (χ0) is 11.7. The van der Waals surface area contributed by atoms with Crippen LogP contribution in [0.5, 0.6) is 0 Å². The molecule has 1 aliphatic carbocycles. The van der Waals surface area contributed by atoms with Gasteiger partial charge in [0.05, 0.1) is 0 Å². The molecule has 0 spiro atoms. The average molecular weight is 282 g/mol. The minimum atomic E-state index is 0.289. The monoisotopic (exact) mass is 281 g/mol. The van der Waals surface area contributed by atoms with Crippen molar-refractivity contribution in [1.29, 1.82) is 0 Å². The van der Waals surface area contributed by atoms with Crippen LogP contribution in [0, 0.1) is 12.8 Å². The number of aryl methyl sites for hydroxylation is 1. The highest BCUT2D eigenvalue weighted by atomic mass is 79.9. The Bertz CT molecular complexity index is 412. The molecule has 3 heteroatoms. The lowest BCUT2D eigenvalue weighted by Crippen LogP contribution is -2.27. The lowest BCUT2D eigenvalue weighted by molar-refractivity contribution is -0.131. The fourth-order valence-corrected chi connectivity index (χ4v) is 2.15. The maximum absolute atomic E-state index is 11.8. The summed E-state index contributed by atoms with van der Waals surface area (Å²) in [6, 6.07) is 6.25. The predicted octanol–water partition coefficient (Wildman–Crippen LogP) is 3.13. The first kappa shape index (κ1) is 11.6. The van der Waals surface area contributed by atoms with Gasteiger partial charge < -0.3 is 4.90 Å². The molecule has 0 unspecified atom stereocenters. The summed E-state index contributed by atoms with van der Waals surface area (Å²) in [5, 5.41) is 0. The van der Waals surface area contributed by atoms with Gasteiger partial charge in [-0.3, -0.25) is 4.79 Å². The molecule has 16 heavy (non-hydrogen) atoms. The summed E-state index contributed by atoms with van der Waals surface area (Å²) in [5.74, 6) is 0.593. The van der Waals surface area contributed by atoms with E-state index in [0.29, 0.717) is 12.5 Å². The Morgan fingerprint density at radius 2 is 2.19 bits per heavy atom. The minimum absolute atomic E-state index is 0.289. The number of carbonyl (C=O) groups excluding carboxylic acids is 1. The van der Waals surface area contributed by atoms with E-state index in [1.807, 2.05) is 11.9 Å². The topological polar surface area (TPSA) is 20.3 Å². The molecule has 2 nitrogen and oxygen atoms in total.